The summed E-state index contributed by atoms with van der Waals surface area (Å²) in [4.78, 5) is 15.0. The van der Waals surface area contributed by atoms with Crippen LogP contribution in [-0.4, -0.2) is 27.0 Å². The van der Waals surface area contributed by atoms with E-state index in [-0.39, 0.29) is 11.3 Å². The van der Waals surface area contributed by atoms with Crippen LogP contribution < -0.4 is 0 Å². The molecule has 6 rings (SSSR count). The Morgan fingerprint density at radius 2 is 1.85 bits per heavy atom. The monoisotopic (exact) mass is 479 g/mol. The van der Waals surface area contributed by atoms with Gasteiger partial charge in [0.1, 0.15) is 12.1 Å². The summed E-state index contributed by atoms with van der Waals surface area (Å²) in [6.45, 7) is 7.97. The summed E-state index contributed by atoms with van der Waals surface area (Å²) >= 11 is 1.72. The molecule has 8 atom stereocenters. The summed E-state index contributed by atoms with van der Waals surface area (Å²) in [5, 5.41) is 8.70. The van der Waals surface area contributed by atoms with Gasteiger partial charge in [0.2, 0.25) is 0 Å². The number of hydrogen-bond acceptors (Lipinski definition) is 4. The van der Waals surface area contributed by atoms with Crippen LogP contribution in [0.5, 0.6) is 0 Å². The van der Waals surface area contributed by atoms with Crippen LogP contribution >= 0.6 is 11.8 Å². The average Bonchev–Trinajstić information content (AvgIpc) is 3.39. The molecule has 4 aliphatic carbocycles. The third kappa shape index (κ3) is 3.43. The van der Waals surface area contributed by atoms with Crippen LogP contribution in [0, 0.1) is 46.3 Å². The molecule has 0 radical (unpaired) electrons. The van der Waals surface area contributed by atoms with E-state index in [1.807, 2.05) is 10.7 Å². The van der Waals surface area contributed by atoms with Gasteiger partial charge in [-0.3, -0.25) is 4.79 Å². The second kappa shape index (κ2) is 8.35. The molecule has 34 heavy (non-hydrogen) atoms. The van der Waals surface area contributed by atoms with Gasteiger partial charge in [-0.05, 0) is 116 Å². The lowest BCUT2D eigenvalue weighted by molar-refractivity contribution is -0.137. The minimum atomic E-state index is 0.171. The first-order valence-corrected chi connectivity index (χ1v) is 15.0. The number of rotatable bonds is 4. The van der Waals surface area contributed by atoms with Crippen molar-refractivity contribution in [2.75, 3.05) is 6.26 Å². The molecule has 0 aliphatic heterocycles. The number of hydrogen-bond donors (Lipinski definition) is 0. The highest BCUT2D eigenvalue weighted by atomic mass is 32.2. The van der Waals surface area contributed by atoms with Crippen molar-refractivity contribution in [2.24, 2.45) is 46.3 Å². The smallest absolute Gasteiger partial charge is 0.157 e. The van der Waals surface area contributed by atoms with Crippen molar-refractivity contribution >= 4 is 28.6 Å². The van der Waals surface area contributed by atoms with Gasteiger partial charge in [-0.15, -0.1) is 16.9 Å². The largest absolute Gasteiger partial charge is 0.297 e. The van der Waals surface area contributed by atoms with Gasteiger partial charge in [0.15, 0.2) is 5.78 Å². The number of thioether (sulfide) groups is 1. The predicted molar refractivity (Wildman–Crippen MR) is 139 cm³/mol. The first kappa shape index (κ1) is 23.1. The summed E-state index contributed by atoms with van der Waals surface area (Å²) in [5.41, 5.74) is 2.59. The van der Waals surface area contributed by atoms with E-state index < -0.39 is 0 Å². The zero-order chi connectivity index (χ0) is 23.7. The molecule has 1 aromatic heterocycles. The van der Waals surface area contributed by atoms with Gasteiger partial charge in [-0.1, -0.05) is 32.4 Å². The molecule has 4 saturated carbocycles. The Morgan fingerprint density at radius 3 is 2.68 bits per heavy atom. The molecule has 0 saturated heterocycles. The molecule has 1 heterocycles. The number of aromatic nitrogens is 3. The lowest BCUT2D eigenvalue weighted by Crippen LogP contribution is -2.53. The molecule has 4 fully saturated rings. The van der Waals surface area contributed by atoms with E-state index in [0.29, 0.717) is 17.7 Å². The first-order valence-electron chi connectivity index (χ1n) is 13.7. The zero-order valence-corrected chi connectivity index (χ0v) is 22.2. The minimum Gasteiger partial charge on any atom is -0.297 e. The highest BCUT2D eigenvalue weighted by molar-refractivity contribution is 7.98. The molecule has 5 heteroatoms. The molecule has 2 aromatic rings. The van der Waals surface area contributed by atoms with Crippen molar-refractivity contribution in [3.05, 3.63) is 18.2 Å². The molecule has 184 valence electrons. The molecule has 6 unspecified atom stereocenters. The second-order valence-electron chi connectivity index (χ2n) is 12.8. The molecule has 1 aromatic carbocycles. The van der Waals surface area contributed by atoms with E-state index >= 15 is 0 Å². The Hall–Kier alpha value is -1.36. The average molecular weight is 480 g/mol. The van der Waals surface area contributed by atoms with Crippen LogP contribution in [0.1, 0.15) is 78.6 Å². The Kier molecular flexibility index (Phi) is 5.66. The second-order valence-corrected chi connectivity index (χ2v) is 13.7. The Balaban J connectivity index is 1.22. The Bertz CT molecular complexity index is 1100. The van der Waals surface area contributed by atoms with Crippen LogP contribution in [0.15, 0.2) is 23.1 Å². The van der Waals surface area contributed by atoms with Gasteiger partial charge in [-0.25, -0.2) is 4.68 Å². The molecule has 4 nitrogen and oxygen atoms in total. The van der Waals surface area contributed by atoms with Crippen LogP contribution in [0.4, 0.5) is 0 Å². The fraction of sp³-hybridized carbons (Fsp3) is 0.759. The van der Waals surface area contributed by atoms with Gasteiger partial charge < -0.3 is 0 Å². The molecular weight excluding hydrogens is 438 g/mol. The van der Waals surface area contributed by atoms with Gasteiger partial charge in [0, 0.05) is 10.8 Å². The molecule has 0 amide bonds. The number of ketones is 1. The van der Waals surface area contributed by atoms with Crippen LogP contribution in [0.25, 0.3) is 11.0 Å². The number of Topliss-reactive ketones (excluding diaryl/α,β-unsaturated/α-hetero) is 1. The summed E-state index contributed by atoms with van der Waals surface area (Å²) in [6.07, 6.45) is 14.1. The van der Waals surface area contributed by atoms with Gasteiger partial charge in [-0.2, -0.15) is 0 Å². The number of benzene rings is 1. The minimum absolute atomic E-state index is 0.171. The number of carbonyl (C=O) groups excluding carboxylic acids is 1. The molecule has 0 spiro atoms. The maximum absolute atomic E-state index is 13.8. The van der Waals surface area contributed by atoms with Crippen molar-refractivity contribution in [1.29, 1.82) is 0 Å². The van der Waals surface area contributed by atoms with E-state index in [9.17, 15) is 4.79 Å². The SMILES string of the molecule is CSc1ccc2nnn(CC(=O)[C@H]3CCC4[C@@H]5CCC6CC(C)CCC6(C)C5CCC43C)c2c1. The van der Waals surface area contributed by atoms with E-state index in [1.54, 1.807) is 11.8 Å². The Morgan fingerprint density at radius 1 is 1.06 bits per heavy atom. The maximum atomic E-state index is 13.8. The zero-order valence-electron chi connectivity index (χ0n) is 21.4. The van der Waals surface area contributed by atoms with E-state index in [1.165, 1.54) is 56.3 Å². The van der Waals surface area contributed by atoms with Gasteiger partial charge in [0.25, 0.3) is 0 Å². The highest BCUT2D eigenvalue weighted by Gasteiger charge is 2.60. The van der Waals surface area contributed by atoms with E-state index in [4.69, 9.17) is 0 Å². The van der Waals surface area contributed by atoms with Crippen molar-refractivity contribution in [2.45, 2.75) is 90.0 Å². The lowest BCUT2D eigenvalue weighted by atomic mass is 9.44. The molecule has 0 bridgehead atoms. The quantitative estimate of drug-likeness (QED) is 0.442. The van der Waals surface area contributed by atoms with Crippen LogP contribution in [0.3, 0.4) is 0 Å². The van der Waals surface area contributed by atoms with Crippen molar-refractivity contribution in [3.63, 3.8) is 0 Å². The van der Waals surface area contributed by atoms with Crippen molar-refractivity contribution < 1.29 is 4.79 Å². The highest BCUT2D eigenvalue weighted by Crippen LogP contribution is 2.67. The van der Waals surface area contributed by atoms with Crippen molar-refractivity contribution in [1.82, 2.24) is 15.0 Å². The predicted octanol–water partition coefficient (Wildman–Crippen LogP) is 7.02. The normalized spacial score (nSPS) is 41.6. The fourth-order valence-electron chi connectivity index (χ4n) is 9.45. The van der Waals surface area contributed by atoms with Crippen molar-refractivity contribution in [3.8, 4) is 0 Å². The topological polar surface area (TPSA) is 47.8 Å². The summed E-state index contributed by atoms with van der Waals surface area (Å²) in [6, 6.07) is 6.23. The van der Waals surface area contributed by atoms with Crippen LogP contribution in [0.2, 0.25) is 0 Å². The molecule has 4 aliphatic rings. The molecule has 0 N–H and O–H groups in total. The Labute approximate surface area is 209 Å². The van der Waals surface area contributed by atoms with E-state index in [0.717, 1.165) is 47.0 Å². The fourth-order valence-corrected chi connectivity index (χ4v) is 9.88. The third-order valence-corrected chi connectivity index (χ3v) is 12.1. The maximum Gasteiger partial charge on any atom is 0.157 e. The lowest BCUT2D eigenvalue weighted by Gasteiger charge is -2.61. The standard InChI is InChI=1S/C29H41N3OS/c1-18-11-13-28(2)19(15-18)5-7-21-22-8-9-24(29(22,3)14-12-23(21)28)27(33)17-32-26-16-20(34-4)6-10-25(26)30-31-32/h6,10,16,18-19,21-24H,5,7-9,11-15,17H2,1-4H3/t18?,19?,21-,22?,23?,24+,28?,29?/m0/s1. The molecular formula is C29H41N3OS. The number of carbonyl (C=O) groups is 1. The van der Waals surface area contributed by atoms with Crippen LogP contribution in [-0.2, 0) is 11.3 Å². The summed E-state index contributed by atoms with van der Waals surface area (Å²) < 4.78 is 1.86. The summed E-state index contributed by atoms with van der Waals surface area (Å²) in [7, 11) is 0. The van der Waals surface area contributed by atoms with Gasteiger partial charge in [0.05, 0.1) is 5.52 Å². The van der Waals surface area contributed by atoms with E-state index in [2.05, 4.69) is 49.5 Å². The number of fused-ring (bicyclic) bond motifs is 6. The third-order valence-electron chi connectivity index (χ3n) is 11.3. The number of nitrogens with zero attached hydrogens (tertiary/aromatic N) is 3. The first-order chi connectivity index (χ1) is 16.3. The summed E-state index contributed by atoms with van der Waals surface area (Å²) in [5.74, 6) is 4.86. The van der Waals surface area contributed by atoms with Gasteiger partial charge >= 0.3 is 0 Å².